The number of carbonyl (C=O) groups excluding carboxylic acids is 2. The molecule has 1 heterocycles. The van der Waals surface area contributed by atoms with Crippen LogP contribution < -0.4 is 9.47 Å². The van der Waals surface area contributed by atoms with Crippen LogP contribution in [-0.2, 0) is 0 Å². The number of methoxy groups -OCH3 is 1. The largest absolute Gasteiger partial charge is 0.497 e. The van der Waals surface area contributed by atoms with Crippen molar-refractivity contribution in [1.82, 2.24) is 4.90 Å². The zero-order valence-corrected chi connectivity index (χ0v) is 15.4. The lowest BCUT2D eigenvalue weighted by molar-refractivity contribution is -0.0498. The summed E-state index contributed by atoms with van der Waals surface area (Å²) in [6.45, 7) is -1.95. The maximum absolute atomic E-state index is 12.7. The Bertz CT molecular complexity index is 813. The van der Waals surface area contributed by atoms with Crippen LogP contribution in [0.2, 0.25) is 0 Å². The van der Waals surface area contributed by atoms with Gasteiger partial charge < -0.3 is 14.4 Å². The third kappa shape index (κ3) is 4.65. The first kappa shape index (κ1) is 19.8. The molecular formula is C21H21F2NO4. The van der Waals surface area contributed by atoms with Gasteiger partial charge in [-0.15, -0.1) is 0 Å². The first-order valence-corrected chi connectivity index (χ1v) is 9.00. The predicted molar refractivity (Wildman–Crippen MR) is 99.0 cm³/mol. The van der Waals surface area contributed by atoms with Gasteiger partial charge in [-0.05, 0) is 61.4 Å². The van der Waals surface area contributed by atoms with E-state index < -0.39 is 6.61 Å². The molecule has 28 heavy (non-hydrogen) atoms. The van der Waals surface area contributed by atoms with Crippen molar-refractivity contribution in [3.63, 3.8) is 0 Å². The topological polar surface area (TPSA) is 55.8 Å². The van der Waals surface area contributed by atoms with E-state index in [9.17, 15) is 18.4 Å². The number of rotatable bonds is 6. The summed E-state index contributed by atoms with van der Waals surface area (Å²) in [5, 5.41) is 0. The molecular weight excluding hydrogens is 368 g/mol. The van der Waals surface area contributed by atoms with Crippen molar-refractivity contribution in [3.05, 3.63) is 59.7 Å². The minimum absolute atomic E-state index is 0.00958. The Morgan fingerprint density at radius 1 is 0.929 bits per heavy atom. The van der Waals surface area contributed by atoms with Crippen LogP contribution in [0.3, 0.4) is 0 Å². The molecule has 0 N–H and O–H groups in total. The first-order chi connectivity index (χ1) is 13.5. The van der Waals surface area contributed by atoms with Gasteiger partial charge >= 0.3 is 6.61 Å². The van der Waals surface area contributed by atoms with Crippen molar-refractivity contribution >= 4 is 11.7 Å². The molecule has 5 nitrogen and oxygen atoms in total. The molecule has 0 aromatic heterocycles. The number of piperidine rings is 1. The molecule has 1 fully saturated rings. The average Bonchev–Trinajstić information content (AvgIpc) is 2.73. The molecule has 1 aliphatic rings. The smallest absolute Gasteiger partial charge is 0.387 e. The van der Waals surface area contributed by atoms with Gasteiger partial charge in [-0.25, -0.2) is 0 Å². The van der Waals surface area contributed by atoms with Gasteiger partial charge in [0.15, 0.2) is 5.78 Å². The lowest BCUT2D eigenvalue weighted by Gasteiger charge is -2.31. The van der Waals surface area contributed by atoms with Crippen LogP contribution in [0.5, 0.6) is 11.5 Å². The van der Waals surface area contributed by atoms with Crippen molar-refractivity contribution in [1.29, 1.82) is 0 Å². The predicted octanol–water partition coefficient (Wildman–Crippen LogP) is 4.03. The molecule has 2 aromatic carbocycles. The Kier molecular flexibility index (Phi) is 6.23. The maximum atomic E-state index is 12.7. The number of ether oxygens (including phenoxy) is 2. The Morgan fingerprint density at radius 2 is 1.46 bits per heavy atom. The second kappa shape index (κ2) is 8.82. The molecule has 0 spiro atoms. The minimum atomic E-state index is -2.90. The van der Waals surface area contributed by atoms with Crippen molar-refractivity contribution in [2.45, 2.75) is 19.5 Å². The highest BCUT2D eigenvalue weighted by Gasteiger charge is 2.28. The number of benzene rings is 2. The number of Topliss-reactive ketones (excluding diaryl/α,β-unsaturated/α-hetero) is 1. The van der Waals surface area contributed by atoms with Gasteiger partial charge in [0, 0.05) is 30.1 Å². The third-order valence-electron chi connectivity index (χ3n) is 4.85. The van der Waals surface area contributed by atoms with Gasteiger partial charge in [-0.2, -0.15) is 8.78 Å². The fourth-order valence-corrected chi connectivity index (χ4v) is 3.30. The Labute approximate surface area is 161 Å². The summed E-state index contributed by atoms with van der Waals surface area (Å²) >= 11 is 0. The number of hydrogen-bond donors (Lipinski definition) is 0. The number of amides is 1. The van der Waals surface area contributed by atoms with Crippen molar-refractivity contribution in [2.75, 3.05) is 20.2 Å². The first-order valence-electron chi connectivity index (χ1n) is 9.00. The molecule has 148 valence electrons. The normalized spacial score (nSPS) is 14.8. The SMILES string of the molecule is COc1ccc(C(=O)C2CCN(C(=O)c3ccc(OC(F)F)cc3)CC2)cc1. The van der Waals surface area contributed by atoms with E-state index in [1.165, 1.54) is 24.3 Å². The second-order valence-corrected chi connectivity index (χ2v) is 6.56. The number of hydrogen-bond acceptors (Lipinski definition) is 4. The molecule has 1 aliphatic heterocycles. The molecule has 3 rings (SSSR count). The third-order valence-corrected chi connectivity index (χ3v) is 4.85. The monoisotopic (exact) mass is 389 g/mol. The number of halogens is 2. The van der Waals surface area contributed by atoms with E-state index in [1.807, 2.05) is 0 Å². The van der Waals surface area contributed by atoms with E-state index in [4.69, 9.17) is 4.74 Å². The quantitative estimate of drug-likeness (QED) is 0.700. The molecule has 0 unspecified atom stereocenters. The summed E-state index contributed by atoms with van der Waals surface area (Å²) in [6.07, 6.45) is 1.17. The van der Waals surface area contributed by atoms with E-state index in [2.05, 4.69) is 4.74 Å². The lowest BCUT2D eigenvalue weighted by Crippen LogP contribution is -2.40. The van der Waals surface area contributed by atoms with E-state index in [1.54, 1.807) is 36.3 Å². The van der Waals surface area contributed by atoms with Gasteiger partial charge in [0.25, 0.3) is 5.91 Å². The van der Waals surface area contributed by atoms with Gasteiger partial charge in [0.05, 0.1) is 7.11 Å². The van der Waals surface area contributed by atoms with Crippen LogP contribution in [0.4, 0.5) is 8.78 Å². The van der Waals surface area contributed by atoms with Crippen molar-refractivity contribution in [3.8, 4) is 11.5 Å². The standard InChI is InChI=1S/C21H21F2NO4/c1-27-17-6-2-14(3-7-17)19(25)15-10-12-24(13-11-15)20(26)16-4-8-18(9-5-16)28-21(22)23/h2-9,15,21H,10-13H2,1H3. The number of ketones is 1. The fraction of sp³-hybridized carbons (Fsp3) is 0.333. The fourth-order valence-electron chi connectivity index (χ4n) is 3.30. The van der Waals surface area contributed by atoms with Gasteiger partial charge in [-0.3, -0.25) is 9.59 Å². The highest BCUT2D eigenvalue weighted by molar-refractivity contribution is 5.98. The Morgan fingerprint density at radius 3 is 2.00 bits per heavy atom. The Balaban J connectivity index is 1.56. The molecule has 1 amide bonds. The van der Waals surface area contributed by atoms with Crippen LogP contribution in [0.1, 0.15) is 33.6 Å². The summed E-state index contributed by atoms with van der Waals surface area (Å²) < 4.78 is 33.8. The van der Waals surface area contributed by atoms with Crippen LogP contribution in [0.25, 0.3) is 0 Å². The molecule has 0 radical (unpaired) electrons. The van der Waals surface area contributed by atoms with Crippen molar-refractivity contribution in [2.24, 2.45) is 5.92 Å². The average molecular weight is 389 g/mol. The Hall–Kier alpha value is -2.96. The van der Waals surface area contributed by atoms with E-state index in [0.29, 0.717) is 42.8 Å². The maximum Gasteiger partial charge on any atom is 0.387 e. The van der Waals surface area contributed by atoms with Crippen LogP contribution >= 0.6 is 0 Å². The zero-order valence-electron chi connectivity index (χ0n) is 15.4. The van der Waals surface area contributed by atoms with Crippen LogP contribution in [0.15, 0.2) is 48.5 Å². The number of nitrogens with zero attached hydrogens (tertiary/aromatic N) is 1. The van der Waals surface area contributed by atoms with Gasteiger partial charge in [-0.1, -0.05) is 0 Å². The summed E-state index contributed by atoms with van der Waals surface area (Å²) in [4.78, 5) is 26.9. The van der Waals surface area contributed by atoms with Gasteiger partial charge in [0.1, 0.15) is 11.5 Å². The highest BCUT2D eigenvalue weighted by atomic mass is 19.3. The molecule has 0 aliphatic carbocycles. The molecule has 0 atom stereocenters. The van der Waals surface area contributed by atoms with E-state index in [0.717, 1.165) is 0 Å². The molecule has 7 heteroatoms. The summed E-state index contributed by atoms with van der Waals surface area (Å²) in [5.41, 5.74) is 1.04. The zero-order chi connectivity index (χ0) is 20.1. The summed E-state index contributed by atoms with van der Waals surface area (Å²) in [6, 6.07) is 12.6. The second-order valence-electron chi connectivity index (χ2n) is 6.56. The molecule has 1 saturated heterocycles. The van der Waals surface area contributed by atoms with Crippen LogP contribution in [0, 0.1) is 5.92 Å². The van der Waals surface area contributed by atoms with Gasteiger partial charge in [0.2, 0.25) is 0 Å². The van der Waals surface area contributed by atoms with E-state index in [-0.39, 0.29) is 23.4 Å². The minimum Gasteiger partial charge on any atom is -0.497 e. The number of carbonyl (C=O) groups is 2. The van der Waals surface area contributed by atoms with Crippen LogP contribution in [-0.4, -0.2) is 43.4 Å². The summed E-state index contributed by atoms with van der Waals surface area (Å²) in [7, 11) is 1.57. The lowest BCUT2D eigenvalue weighted by atomic mass is 9.88. The number of alkyl halides is 2. The molecule has 0 saturated carbocycles. The molecule has 0 bridgehead atoms. The number of likely N-dealkylation sites (tertiary alicyclic amines) is 1. The van der Waals surface area contributed by atoms with E-state index >= 15 is 0 Å². The summed E-state index contributed by atoms with van der Waals surface area (Å²) in [5.74, 6) is 0.471. The highest BCUT2D eigenvalue weighted by Crippen LogP contribution is 2.24. The van der Waals surface area contributed by atoms with Crippen molar-refractivity contribution < 1.29 is 27.8 Å². The molecule has 2 aromatic rings.